The average Bonchev–Trinajstić information content (AvgIpc) is 2.94. The molecule has 0 radical (unpaired) electrons. The van der Waals surface area contributed by atoms with Crippen LogP contribution in [0.2, 0.25) is 0 Å². The average molecular weight is 320 g/mol. The van der Waals surface area contributed by atoms with E-state index in [0.717, 1.165) is 16.8 Å². The van der Waals surface area contributed by atoms with E-state index >= 15 is 0 Å². The van der Waals surface area contributed by atoms with E-state index in [4.69, 9.17) is 4.74 Å². The fourth-order valence-corrected chi connectivity index (χ4v) is 2.11. The molecule has 23 heavy (non-hydrogen) atoms. The van der Waals surface area contributed by atoms with E-state index < -0.39 is 11.7 Å². The quantitative estimate of drug-likeness (QED) is 0.784. The van der Waals surface area contributed by atoms with E-state index in [-0.39, 0.29) is 0 Å². The van der Waals surface area contributed by atoms with Crippen molar-refractivity contribution in [1.82, 2.24) is 25.3 Å². The maximum atomic E-state index is 11.8. The number of hydrogen-bond donors (Lipinski definition) is 3. The molecule has 8 nitrogen and oxygen atoms in total. The Bertz CT molecular complexity index is 668. The summed E-state index contributed by atoms with van der Waals surface area (Å²) in [4.78, 5) is 11.8. The Balaban J connectivity index is 1.88. The number of rotatable bonds is 5. The summed E-state index contributed by atoms with van der Waals surface area (Å²) in [6, 6.07) is 0. The fraction of sp³-hybridized carbons (Fsp3) is 0.533. The molecule has 2 aromatic rings. The Morgan fingerprint density at radius 1 is 1.35 bits per heavy atom. The molecule has 0 aliphatic carbocycles. The number of nitrogens with one attached hydrogen (secondary N) is 3. The summed E-state index contributed by atoms with van der Waals surface area (Å²) in [6.45, 7) is 8.69. The maximum Gasteiger partial charge on any atom is 0.413 e. The SMILES string of the molecule is Cc1nn(C)cc1CNCc1cn[nH]c1NC(=O)OC(C)(C)C. The number of anilines is 1. The topological polar surface area (TPSA) is 96.9 Å². The Kier molecular flexibility index (Phi) is 5.05. The monoisotopic (exact) mass is 320 g/mol. The van der Waals surface area contributed by atoms with Crippen molar-refractivity contribution in [2.45, 2.75) is 46.4 Å². The Morgan fingerprint density at radius 2 is 2.04 bits per heavy atom. The maximum absolute atomic E-state index is 11.8. The highest BCUT2D eigenvalue weighted by molar-refractivity contribution is 5.84. The van der Waals surface area contributed by atoms with E-state index in [1.807, 2.05) is 40.9 Å². The predicted octanol–water partition coefficient (Wildman–Crippen LogP) is 2.09. The third-order valence-electron chi connectivity index (χ3n) is 3.09. The zero-order valence-electron chi connectivity index (χ0n) is 14.2. The second-order valence-corrected chi connectivity index (χ2v) is 6.41. The van der Waals surface area contributed by atoms with Gasteiger partial charge in [-0.1, -0.05) is 0 Å². The van der Waals surface area contributed by atoms with Crippen LogP contribution >= 0.6 is 0 Å². The lowest BCUT2D eigenvalue weighted by Crippen LogP contribution is -2.27. The van der Waals surface area contributed by atoms with Gasteiger partial charge < -0.3 is 10.1 Å². The zero-order chi connectivity index (χ0) is 17.0. The second-order valence-electron chi connectivity index (χ2n) is 6.41. The number of carbonyl (C=O) groups is 1. The van der Waals surface area contributed by atoms with Gasteiger partial charge in [0.05, 0.1) is 11.9 Å². The van der Waals surface area contributed by atoms with Crippen LogP contribution in [0.15, 0.2) is 12.4 Å². The molecule has 3 N–H and O–H groups in total. The molecule has 0 aliphatic heterocycles. The van der Waals surface area contributed by atoms with Crippen LogP contribution in [0, 0.1) is 6.92 Å². The molecule has 0 bridgehead atoms. The largest absolute Gasteiger partial charge is 0.444 e. The van der Waals surface area contributed by atoms with Crippen LogP contribution in [-0.2, 0) is 24.9 Å². The highest BCUT2D eigenvalue weighted by Gasteiger charge is 2.17. The molecule has 1 amide bonds. The van der Waals surface area contributed by atoms with E-state index in [1.165, 1.54) is 0 Å². The van der Waals surface area contributed by atoms with Gasteiger partial charge in [-0.05, 0) is 27.7 Å². The molecular weight excluding hydrogens is 296 g/mol. The van der Waals surface area contributed by atoms with Gasteiger partial charge in [-0.2, -0.15) is 10.2 Å². The number of aryl methyl sites for hydroxylation is 2. The number of aromatic nitrogens is 4. The minimum atomic E-state index is -0.541. The number of H-pyrrole nitrogens is 1. The van der Waals surface area contributed by atoms with E-state index in [9.17, 15) is 4.79 Å². The van der Waals surface area contributed by atoms with Crippen LogP contribution in [0.1, 0.15) is 37.6 Å². The normalized spacial score (nSPS) is 11.5. The number of aromatic amines is 1. The molecule has 0 saturated heterocycles. The van der Waals surface area contributed by atoms with Crippen LogP contribution in [0.3, 0.4) is 0 Å². The van der Waals surface area contributed by atoms with Gasteiger partial charge in [-0.3, -0.25) is 15.1 Å². The number of carbonyl (C=O) groups excluding carboxylic acids is 1. The summed E-state index contributed by atoms with van der Waals surface area (Å²) in [5.74, 6) is 0.537. The van der Waals surface area contributed by atoms with Gasteiger partial charge in [0.2, 0.25) is 0 Å². The Hall–Kier alpha value is -2.35. The number of hydrogen-bond acceptors (Lipinski definition) is 5. The van der Waals surface area contributed by atoms with E-state index in [2.05, 4.69) is 25.9 Å². The van der Waals surface area contributed by atoms with Gasteiger partial charge in [-0.15, -0.1) is 0 Å². The Morgan fingerprint density at radius 3 is 2.65 bits per heavy atom. The van der Waals surface area contributed by atoms with Gasteiger partial charge in [-0.25, -0.2) is 4.79 Å². The van der Waals surface area contributed by atoms with Crippen molar-refractivity contribution >= 4 is 11.9 Å². The summed E-state index contributed by atoms with van der Waals surface area (Å²) in [5.41, 5.74) is 2.45. The first-order valence-electron chi connectivity index (χ1n) is 7.46. The second kappa shape index (κ2) is 6.82. The van der Waals surface area contributed by atoms with Crippen molar-refractivity contribution in [3.8, 4) is 0 Å². The molecule has 0 aromatic carbocycles. The first-order valence-corrected chi connectivity index (χ1v) is 7.46. The lowest BCUT2D eigenvalue weighted by Gasteiger charge is -2.19. The lowest BCUT2D eigenvalue weighted by atomic mass is 10.2. The van der Waals surface area contributed by atoms with Gasteiger partial charge in [0.25, 0.3) is 0 Å². The van der Waals surface area contributed by atoms with E-state index in [1.54, 1.807) is 10.9 Å². The molecular formula is C15H24N6O2. The number of amides is 1. The molecule has 0 atom stereocenters. The van der Waals surface area contributed by atoms with Gasteiger partial charge in [0, 0.05) is 37.5 Å². The molecule has 0 saturated carbocycles. The molecule has 0 fully saturated rings. The molecule has 0 spiro atoms. The van der Waals surface area contributed by atoms with Crippen molar-refractivity contribution in [3.63, 3.8) is 0 Å². The van der Waals surface area contributed by atoms with Crippen molar-refractivity contribution < 1.29 is 9.53 Å². The van der Waals surface area contributed by atoms with Crippen LogP contribution in [0.5, 0.6) is 0 Å². The smallest absolute Gasteiger partial charge is 0.413 e. The molecule has 2 heterocycles. The minimum Gasteiger partial charge on any atom is -0.444 e. The molecule has 2 rings (SSSR count). The molecule has 0 unspecified atom stereocenters. The summed E-state index contributed by atoms with van der Waals surface area (Å²) in [6.07, 6.45) is 3.15. The summed E-state index contributed by atoms with van der Waals surface area (Å²) >= 11 is 0. The van der Waals surface area contributed by atoms with Crippen LogP contribution < -0.4 is 10.6 Å². The van der Waals surface area contributed by atoms with Crippen LogP contribution in [0.25, 0.3) is 0 Å². The standard InChI is InChI=1S/C15H24N6O2/c1-10-12(9-21(5)20-10)7-16-6-11-8-17-19-13(11)18-14(22)23-15(2,3)4/h8-9,16H,6-7H2,1-5H3,(H2,17,18,19,22). The number of ether oxygens (including phenoxy) is 1. The highest BCUT2D eigenvalue weighted by atomic mass is 16.6. The van der Waals surface area contributed by atoms with Gasteiger partial charge in [0.1, 0.15) is 11.4 Å². The van der Waals surface area contributed by atoms with Crippen LogP contribution in [0.4, 0.5) is 10.6 Å². The van der Waals surface area contributed by atoms with Crippen molar-refractivity contribution in [1.29, 1.82) is 0 Å². The summed E-state index contributed by atoms with van der Waals surface area (Å²) in [7, 11) is 1.90. The Labute approximate surface area is 135 Å². The first kappa shape index (κ1) is 17.0. The molecule has 0 aliphatic rings. The number of nitrogens with zero attached hydrogens (tertiary/aromatic N) is 3. The lowest BCUT2D eigenvalue weighted by molar-refractivity contribution is 0.0635. The highest BCUT2D eigenvalue weighted by Crippen LogP contribution is 2.14. The van der Waals surface area contributed by atoms with Crippen LogP contribution in [-0.4, -0.2) is 31.7 Å². The fourth-order valence-electron chi connectivity index (χ4n) is 2.11. The third-order valence-corrected chi connectivity index (χ3v) is 3.09. The van der Waals surface area contributed by atoms with Crippen molar-refractivity contribution in [2.24, 2.45) is 7.05 Å². The molecule has 8 heteroatoms. The van der Waals surface area contributed by atoms with E-state index in [0.29, 0.717) is 18.9 Å². The predicted molar refractivity (Wildman–Crippen MR) is 86.9 cm³/mol. The van der Waals surface area contributed by atoms with Crippen molar-refractivity contribution in [2.75, 3.05) is 5.32 Å². The first-order chi connectivity index (χ1) is 10.7. The van der Waals surface area contributed by atoms with Gasteiger partial charge >= 0.3 is 6.09 Å². The minimum absolute atomic E-state index is 0.508. The summed E-state index contributed by atoms with van der Waals surface area (Å²) in [5, 5.41) is 17.0. The molecule has 126 valence electrons. The van der Waals surface area contributed by atoms with Gasteiger partial charge in [0.15, 0.2) is 0 Å². The third kappa shape index (κ3) is 5.10. The summed E-state index contributed by atoms with van der Waals surface area (Å²) < 4.78 is 7.02. The van der Waals surface area contributed by atoms with Crippen molar-refractivity contribution in [3.05, 3.63) is 29.2 Å². The molecule has 2 aromatic heterocycles. The zero-order valence-corrected chi connectivity index (χ0v) is 14.2.